The lowest BCUT2D eigenvalue weighted by atomic mass is 9.89. The molecule has 0 spiro atoms. The van der Waals surface area contributed by atoms with Gasteiger partial charge in [0.05, 0.1) is 0 Å². The third-order valence-corrected chi connectivity index (χ3v) is 3.53. The van der Waals surface area contributed by atoms with Gasteiger partial charge in [0.15, 0.2) is 0 Å². The number of carbonyl (C=O) groups is 1. The first-order chi connectivity index (χ1) is 7.41. The molecule has 3 unspecified atom stereocenters. The van der Waals surface area contributed by atoms with E-state index in [-0.39, 0.29) is 5.91 Å². The van der Waals surface area contributed by atoms with Gasteiger partial charge in [-0.25, -0.2) is 0 Å². The molecule has 16 heavy (non-hydrogen) atoms. The van der Waals surface area contributed by atoms with E-state index in [1.807, 2.05) is 11.9 Å². The van der Waals surface area contributed by atoms with Gasteiger partial charge in [0.1, 0.15) is 0 Å². The van der Waals surface area contributed by atoms with Crippen molar-refractivity contribution in [2.24, 2.45) is 11.8 Å². The van der Waals surface area contributed by atoms with Crippen molar-refractivity contribution < 1.29 is 4.79 Å². The van der Waals surface area contributed by atoms with Crippen LogP contribution < -0.4 is 5.32 Å². The Morgan fingerprint density at radius 3 is 2.56 bits per heavy atom. The van der Waals surface area contributed by atoms with E-state index in [1.165, 1.54) is 0 Å². The number of carbonyl (C=O) groups excluding carboxylic acids is 1. The molecule has 3 heteroatoms. The lowest BCUT2D eigenvalue weighted by molar-refractivity contribution is -0.134. The van der Waals surface area contributed by atoms with Crippen LogP contribution >= 0.6 is 0 Å². The molecule has 0 saturated carbocycles. The fraction of sp³-hybridized carbons (Fsp3) is 0.923. The van der Waals surface area contributed by atoms with E-state index < -0.39 is 0 Å². The molecule has 1 aliphatic rings. The Labute approximate surface area is 99.6 Å². The van der Waals surface area contributed by atoms with Crippen molar-refractivity contribution in [1.82, 2.24) is 10.2 Å². The maximum absolute atomic E-state index is 12.0. The van der Waals surface area contributed by atoms with Gasteiger partial charge in [0, 0.05) is 32.1 Å². The molecule has 3 nitrogen and oxygen atoms in total. The van der Waals surface area contributed by atoms with Crippen molar-refractivity contribution in [2.75, 3.05) is 13.6 Å². The quantitative estimate of drug-likeness (QED) is 0.797. The highest BCUT2D eigenvalue weighted by molar-refractivity contribution is 5.76. The summed E-state index contributed by atoms with van der Waals surface area (Å²) < 4.78 is 0. The van der Waals surface area contributed by atoms with Gasteiger partial charge in [0.25, 0.3) is 0 Å². The summed E-state index contributed by atoms with van der Waals surface area (Å²) in [7, 11) is 1.95. The summed E-state index contributed by atoms with van der Waals surface area (Å²) in [6.07, 6.45) is 1.82. The van der Waals surface area contributed by atoms with Gasteiger partial charge >= 0.3 is 0 Å². The number of nitrogens with zero attached hydrogens (tertiary/aromatic N) is 1. The molecule has 1 N–H and O–H groups in total. The van der Waals surface area contributed by atoms with Gasteiger partial charge in [-0.3, -0.25) is 4.79 Å². The summed E-state index contributed by atoms with van der Waals surface area (Å²) in [5.41, 5.74) is 0. The smallest absolute Gasteiger partial charge is 0.222 e. The van der Waals surface area contributed by atoms with Crippen LogP contribution in [0.15, 0.2) is 0 Å². The van der Waals surface area contributed by atoms with E-state index in [1.54, 1.807) is 0 Å². The SMILES string of the molecule is CC(C)CC(=O)N(C)C1CNC(C)CC1C. The largest absolute Gasteiger partial charge is 0.341 e. The van der Waals surface area contributed by atoms with Crippen molar-refractivity contribution in [3.8, 4) is 0 Å². The summed E-state index contributed by atoms with van der Waals surface area (Å²) >= 11 is 0. The monoisotopic (exact) mass is 226 g/mol. The van der Waals surface area contributed by atoms with Crippen LogP contribution in [-0.4, -0.2) is 36.5 Å². The molecule has 0 radical (unpaired) electrons. The molecule has 3 atom stereocenters. The number of rotatable bonds is 3. The molecule has 1 saturated heterocycles. The van der Waals surface area contributed by atoms with Crippen LogP contribution in [0.4, 0.5) is 0 Å². The fourth-order valence-electron chi connectivity index (χ4n) is 2.52. The second-order valence-electron chi connectivity index (χ2n) is 5.69. The average Bonchev–Trinajstić information content (AvgIpc) is 2.15. The summed E-state index contributed by atoms with van der Waals surface area (Å²) in [4.78, 5) is 13.9. The van der Waals surface area contributed by atoms with Crippen LogP contribution in [0.3, 0.4) is 0 Å². The minimum absolute atomic E-state index is 0.281. The molecular formula is C13H26N2O. The van der Waals surface area contributed by atoms with Crippen molar-refractivity contribution in [2.45, 2.75) is 52.6 Å². The number of hydrogen-bond acceptors (Lipinski definition) is 2. The average molecular weight is 226 g/mol. The summed E-state index contributed by atoms with van der Waals surface area (Å²) in [5, 5.41) is 3.46. The number of nitrogens with one attached hydrogen (secondary N) is 1. The van der Waals surface area contributed by atoms with Gasteiger partial charge in [0.2, 0.25) is 5.91 Å². The van der Waals surface area contributed by atoms with Crippen LogP contribution in [-0.2, 0) is 4.79 Å². The van der Waals surface area contributed by atoms with E-state index in [0.717, 1.165) is 13.0 Å². The highest BCUT2D eigenvalue weighted by Gasteiger charge is 2.30. The zero-order chi connectivity index (χ0) is 12.3. The van der Waals surface area contributed by atoms with Crippen molar-refractivity contribution in [1.29, 1.82) is 0 Å². The van der Waals surface area contributed by atoms with Crippen molar-refractivity contribution >= 4 is 5.91 Å². The van der Waals surface area contributed by atoms with Crippen LogP contribution in [0.2, 0.25) is 0 Å². The molecule has 0 aliphatic carbocycles. The summed E-state index contributed by atoms with van der Waals surface area (Å²) in [6.45, 7) is 9.58. The maximum atomic E-state index is 12.0. The second kappa shape index (κ2) is 5.67. The number of piperidine rings is 1. The van der Waals surface area contributed by atoms with Crippen LogP contribution in [0.5, 0.6) is 0 Å². The second-order valence-corrected chi connectivity index (χ2v) is 5.69. The molecule has 0 aromatic carbocycles. The predicted molar refractivity (Wildman–Crippen MR) is 67.3 cm³/mol. The Hall–Kier alpha value is -0.570. The summed E-state index contributed by atoms with van der Waals surface area (Å²) in [6, 6.07) is 0.947. The Bertz CT molecular complexity index is 240. The van der Waals surface area contributed by atoms with Crippen molar-refractivity contribution in [3.63, 3.8) is 0 Å². The van der Waals surface area contributed by atoms with E-state index in [4.69, 9.17) is 0 Å². The van der Waals surface area contributed by atoms with E-state index in [9.17, 15) is 4.79 Å². The first-order valence-corrected chi connectivity index (χ1v) is 6.40. The molecule has 1 rings (SSSR count). The number of hydrogen-bond donors (Lipinski definition) is 1. The molecule has 0 bridgehead atoms. The highest BCUT2D eigenvalue weighted by atomic mass is 16.2. The lowest BCUT2D eigenvalue weighted by Gasteiger charge is -2.39. The van der Waals surface area contributed by atoms with Gasteiger partial charge < -0.3 is 10.2 Å². The van der Waals surface area contributed by atoms with Gasteiger partial charge in [-0.05, 0) is 25.2 Å². The molecule has 0 aromatic heterocycles. The minimum atomic E-state index is 0.281. The minimum Gasteiger partial charge on any atom is -0.341 e. The molecule has 1 heterocycles. The molecule has 1 amide bonds. The van der Waals surface area contributed by atoms with Crippen molar-refractivity contribution in [3.05, 3.63) is 0 Å². The maximum Gasteiger partial charge on any atom is 0.222 e. The van der Waals surface area contributed by atoms with Crippen LogP contribution in [0.1, 0.15) is 40.5 Å². The van der Waals surface area contributed by atoms with Crippen LogP contribution in [0, 0.1) is 11.8 Å². The molecule has 94 valence electrons. The van der Waals surface area contributed by atoms with Gasteiger partial charge in [-0.1, -0.05) is 20.8 Å². The van der Waals surface area contributed by atoms with E-state index in [0.29, 0.717) is 30.3 Å². The zero-order valence-electron chi connectivity index (χ0n) is 11.3. The first kappa shape index (κ1) is 13.5. The standard InChI is InChI=1S/C13H26N2O/c1-9(2)6-13(16)15(5)12-8-14-11(4)7-10(12)3/h9-12,14H,6-8H2,1-5H3. The van der Waals surface area contributed by atoms with Gasteiger partial charge in [-0.2, -0.15) is 0 Å². The number of amides is 1. The van der Waals surface area contributed by atoms with Gasteiger partial charge in [-0.15, -0.1) is 0 Å². The molecular weight excluding hydrogens is 200 g/mol. The normalized spacial score (nSPS) is 30.5. The lowest BCUT2D eigenvalue weighted by Crippen LogP contribution is -2.53. The third kappa shape index (κ3) is 3.48. The van der Waals surface area contributed by atoms with Crippen LogP contribution in [0.25, 0.3) is 0 Å². The van der Waals surface area contributed by atoms with E-state index in [2.05, 4.69) is 33.0 Å². The molecule has 1 aliphatic heterocycles. The molecule has 1 fully saturated rings. The Morgan fingerprint density at radius 1 is 1.44 bits per heavy atom. The first-order valence-electron chi connectivity index (χ1n) is 6.40. The fourth-order valence-corrected chi connectivity index (χ4v) is 2.52. The highest BCUT2D eigenvalue weighted by Crippen LogP contribution is 2.21. The Kier molecular flexibility index (Phi) is 4.78. The Morgan fingerprint density at radius 2 is 2.06 bits per heavy atom. The molecule has 0 aromatic rings. The summed E-state index contributed by atoms with van der Waals surface area (Å²) in [5.74, 6) is 1.32. The third-order valence-electron chi connectivity index (χ3n) is 3.53. The topological polar surface area (TPSA) is 32.3 Å². The number of likely N-dealkylation sites (N-methyl/N-ethyl adjacent to an activating group) is 1. The van der Waals surface area contributed by atoms with E-state index >= 15 is 0 Å². The zero-order valence-corrected chi connectivity index (χ0v) is 11.3. The Balaban J connectivity index is 2.53. The predicted octanol–water partition coefficient (Wildman–Crippen LogP) is 1.88.